The third kappa shape index (κ3) is 6.13. The Kier molecular flexibility index (Phi) is 6.68. The van der Waals surface area contributed by atoms with Crippen molar-refractivity contribution >= 4 is 11.8 Å². The molecular weight excluding hydrogens is 226 g/mol. The highest BCUT2D eigenvalue weighted by atomic mass is 32.2. The molecule has 0 aromatic heterocycles. The van der Waals surface area contributed by atoms with Crippen LogP contribution >= 0.6 is 11.8 Å². The molecule has 96 valence electrons. The molecule has 0 heterocycles. The summed E-state index contributed by atoms with van der Waals surface area (Å²) in [6.07, 6.45) is 1.25. The molecule has 0 fully saturated rings. The minimum Gasteiger partial charge on any atom is -0.310 e. The molecule has 1 aromatic rings. The minimum atomic E-state index is 0.606. The lowest BCUT2D eigenvalue weighted by atomic mass is 10.1. The average Bonchev–Trinajstić information content (AvgIpc) is 2.25. The molecule has 0 bridgehead atoms. The Hall–Kier alpha value is -0.470. The Morgan fingerprint density at radius 3 is 2.41 bits per heavy atom. The smallest absolute Gasteiger partial charge is 0.0208 e. The maximum atomic E-state index is 3.60. The fourth-order valence-electron chi connectivity index (χ4n) is 1.97. The number of benzene rings is 1. The molecule has 17 heavy (non-hydrogen) atoms. The van der Waals surface area contributed by atoms with Gasteiger partial charge in [0.1, 0.15) is 0 Å². The number of rotatable bonds is 7. The topological polar surface area (TPSA) is 12.0 Å². The summed E-state index contributed by atoms with van der Waals surface area (Å²) in [5, 5.41) is 3.60. The number of nitrogens with one attached hydrogen (secondary N) is 1. The van der Waals surface area contributed by atoms with Crippen LogP contribution in [0.25, 0.3) is 0 Å². The third-order valence-corrected chi connectivity index (χ3v) is 3.77. The quantitative estimate of drug-likeness (QED) is 0.737. The zero-order chi connectivity index (χ0) is 12.7. The van der Waals surface area contributed by atoms with E-state index in [0.29, 0.717) is 6.04 Å². The van der Waals surface area contributed by atoms with E-state index < -0.39 is 0 Å². The SMILES string of the molecule is CCSCCC(C)NCc1cc(C)cc(C)c1. The van der Waals surface area contributed by atoms with E-state index in [9.17, 15) is 0 Å². The standard InChI is InChI=1S/C15H25NS/c1-5-17-7-6-14(4)16-11-15-9-12(2)8-13(3)10-15/h8-10,14,16H,5-7,11H2,1-4H3. The van der Waals surface area contributed by atoms with Crippen LogP contribution in [0.15, 0.2) is 18.2 Å². The first-order chi connectivity index (χ1) is 8.11. The molecule has 1 aromatic carbocycles. The van der Waals surface area contributed by atoms with E-state index in [0.717, 1.165) is 6.54 Å². The number of hydrogen-bond donors (Lipinski definition) is 1. The Morgan fingerprint density at radius 2 is 1.82 bits per heavy atom. The monoisotopic (exact) mass is 251 g/mol. The largest absolute Gasteiger partial charge is 0.310 e. The second-order valence-corrected chi connectivity index (χ2v) is 6.16. The van der Waals surface area contributed by atoms with Crippen LogP contribution in [0, 0.1) is 13.8 Å². The molecule has 0 radical (unpaired) electrons. The highest BCUT2D eigenvalue weighted by molar-refractivity contribution is 7.99. The van der Waals surface area contributed by atoms with Crippen LogP contribution in [-0.2, 0) is 6.54 Å². The Labute approximate surface area is 110 Å². The highest BCUT2D eigenvalue weighted by Gasteiger charge is 2.02. The molecule has 1 N–H and O–H groups in total. The molecule has 1 nitrogen and oxygen atoms in total. The van der Waals surface area contributed by atoms with Crippen molar-refractivity contribution in [1.29, 1.82) is 0 Å². The third-order valence-electron chi connectivity index (χ3n) is 2.84. The van der Waals surface area contributed by atoms with Crippen molar-refractivity contribution in [2.45, 2.75) is 46.7 Å². The van der Waals surface area contributed by atoms with Crippen LogP contribution in [0.5, 0.6) is 0 Å². The molecule has 1 rings (SSSR count). The first-order valence-corrected chi connectivity index (χ1v) is 7.65. The number of thioether (sulfide) groups is 1. The van der Waals surface area contributed by atoms with Crippen molar-refractivity contribution in [2.75, 3.05) is 11.5 Å². The molecule has 0 aliphatic heterocycles. The van der Waals surface area contributed by atoms with Crippen LogP contribution in [-0.4, -0.2) is 17.5 Å². The minimum absolute atomic E-state index is 0.606. The van der Waals surface area contributed by atoms with Gasteiger partial charge in [0.25, 0.3) is 0 Å². The molecule has 0 amide bonds. The van der Waals surface area contributed by atoms with E-state index in [1.165, 1.54) is 34.6 Å². The summed E-state index contributed by atoms with van der Waals surface area (Å²) < 4.78 is 0. The fourth-order valence-corrected chi connectivity index (χ4v) is 2.78. The molecule has 2 heteroatoms. The van der Waals surface area contributed by atoms with Gasteiger partial charge in [-0.05, 0) is 44.3 Å². The summed E-state index contributed by atoms with van der Waals surface area (Å²) in [5.41, 5.74) is 4.12. The van der Waals surface area contributed by atoms with Crippen molar-refractivity contribution in [1.82, 2.24) is 5.32 Å². The predicted octanol–water partition coefficient (Wildman–Crippen LogP) is 3.92. The van der Waals surface area contributed by atoms with Gasteiger partial charge in [0.15, 0.2) is 0 Å². The van der Waals surface area contributed by atoms with E-state index in [4.69, 9.17) is 0 Å². The van der Waals surface area contributed by atoms with Crippen molar-refractivity contribution in [3.05, 3.63) is 34.9 Å². The zero-order valence-corrected chi connectivity index (χ0v) is 12.4. The van der Waals surface area contributed by atoms with Gasteiger partial charge in [-0.1, -0.05) is 36.2 Å². The first kappa shape index (κ1) is 14.6. The maximum Gasteiger partial charge on any atom is 0.0208 e. The van der Waals surface area contributed by atoms with Crippen LogP contribution in [0.1, 0.15) is 37.0 Å². The van der Waals surface area contributed by atoms with Gasteiger partial charge in [0, 0.05) is 12.6 Å². The van der Waals surface area contributed by atoms with Gasteiger partial charge in [-0.3, -0.25) is 0 Å². The lowest BCUT2D eigenvalue weighted by Crippen LogP contribution is -2.26. The Bertz CT molecular complexity index is 315. The van der Waals surface area contributed by atoms with E-state index in [1.807, 2.05) is 11.8 Å². The van der Waals surface area contributed by atoms with Gasteiger partial charge < -0.3 is 5.32 Å². The van der Waals surface area contributed by atoms with Gasteiger partial charge in [-0.15, -0.1) is 0 Å². The summed E-state index contributed by atoms with van der Waals surface area (Å²) in [6, 6.07) is 7.38. The maximum absolute atomic E-state index is 3.60. The van der Waals surface area contributed by atoms with Gasteiger partial charge in [0.2, 0.25) is 0 Å². The summed E-state index contributed by atoms with van der Waals surface area (Å²) in [4.78, 5) is 0. The normalized spacial score (nSPS) is 12.7. The second kappa shape index (κ2) is 7.78. The molecule has 0 spiro atoms. The highest BCUT2D eigenvalue weighted by Crippen LogP contribution is 2.09. The van der Waals surface area contributed by atoms with Gasteiger partial charge in [-0.25, -0.2) is 0 Å². The first-order valence-electron chi connectivity index (χ1n) is 6.50. The van der Waals surface area contributed by atoms with Crippen LogP contribution in [0.3, 0.4) is 0 Å². The van der Waals surface area contributed by atoms with Crippen molar-refractivity contribution in [3.8, 4) is 0 Å². The number of aryl methyl sites for hydroxylation is 2. The van der Waals surface area contributed by atoms with Crippen LogP contribution in [0.4, 0.5) is 0 Å². The average molecular weight is 251 g/mol. The van der Waals surface area contributed by atoms with E-state index >= 15 is 0 Å². The predicted molar refractivity (Wildman–Crippen MR) is 79.8 cm³/mol. The molecule has 0 saturated carbocycles. The fraction of sp³-hybridized carbons (Fsp3) is 0.600. The Balaban J connectivity index is 2.34. The Morgan fingerprint density at radius 1 is 1.18 bits per heavy atom. The molecule has 0 aliphatic rings. The van der Waals surface area contributed by atoms with E-state index in [1.54, 1.807) is 0 Å². The lowest BCUT2D eigenvalue weighted by Gasteiger charge is -2.14. The van der Waals surface area contributed by atoms with E-state index in [-0.39, 0.29) is 0 Å². The van der Waals surface area contributed by atoms with Crippen LogP contribution in [0.2, 0.25) is 0 Å². The van der Waals surface area contributed by atoms with Crippen LogP contribution < -0.4 is 5.32 Å². The summed E-state index contributed by atoms with van der Waals surface area (Å²) in [6.45, 7) is 9.81. The van der Waals surface area contributed by atoms with Crippen molar-refractivity contribution < 1.29 is 0 Å². The summed E-state index contributed by atoms with van der Waals surface area (Å²) in [5.74, 6) is 2.49. The lowest BCUT2D eigenvalue weighted by molar-refractivity contribution is 0.537. The number of hydrogen-bond acceptors (Lipinski definition) is 2. The summed E-state index contributed by atoms with van der Waals surface area (Å²) in [7, 11) is 0. The second-order valence-electron chi connectivity index (χ2n) is 4.76. The molecular formula is C15H25NS. The molecule has 0 aliphatic carbocycles. The molecule has 1 atom stereocenters. The van der Waals surface area contributed by atoms with Gasteiger partial charge in [-0.2, -0.15) is 11.8 Å². The van der Waals surface area contributed by atoms with Gasteiger partial charge in [0.05, 0.1) is 0 Å². The summed E-state index contributed by atoms with van der Waals surface area (Å²) >= 11 is 2.02. The van der Waals surface area contributed by atoms with Crippen molar-refractivity contribution in [2.24, 2.45) is 0 Å². The van der Waals surface area contributed by atoms with Crippen molar-refractivity contribution in [3.63, 3.8) is 0 Å². The van der Waals surface area contributed by atoms with E-state index in [2.05, 4.69) is 51.2 Å². The zero-order valence-electron chi connectivity index (χ0n) is 11.5. The van der Waals surface area contributed by atoms with Gasteiger partial charge >= 0.3 is 0 Å². The molecule has 1 unspecified atom stereocenters. The molecule has 0 saturated heterocycles.